The molecule has 3 rings (SSSR count). The highest BCUT2D eigenvalue weighted by atomic mass is 16.4. The van der Waals surface area contributed by atoms with Crippen LogP contribution in [0.2, 0.25) is 0 Å². The van der Waals surface area contributed by atoms with Crippen LogP contribution in [-0.4, -0.2) is 27.1 Å². The van der Waals surface area contributed by atoms with Crippen molar-refractivity contribution < 1.29 is 14.3 Å². The summed E-state index contributed by atoms with van der Waals surface area (Å²) in [5.74, 6) is 0.181. The zero-order valence-electron chi connectivity index (χ0n) is 9.46. The van der Waals surface area contributed by atoms with Crippen molar-refractivity contribution in [2.24, 2.45) is 0 Å². The molecule has 0 radical (unpaired) electrons. The molecule has 1 aliphatic rings. The van der Waals surface area contributed by atoms with Crippen LogP contribution in [0.1, 0.15) is 23.3 Å². The molecule has 1 saturated carbocycles. The zero-order valence-corrected chi connectivity index (χ0v) is 9.46. The Kier molecular flexibility index (Phi) is 2.47. The Morgan fingerprint density at radius 2 is 2.28 bits per heavy atom. The van der Waals surface area contributed by atoms with Crippen LogP contribution in [0.25, 0.3) is 11.6 Å². The van der Waals surface area contributed by atoms with E-state index in [0.717, 1.165) is 12.8 Å². The average Bonchev–Trinajstić information content (AvgIpc) is 2.99. The van der Waals surface area contributed by atoms with E-state index in [0.29, 0.717) is 17.6 Å². The minimum absolute atomic E-state index is 0.0421. The molecule has 2 heterocycles. The molecule has 6 nitrogen and oxygen atoms in total. The minimum atomic E-state index is -1.08. The van der Waals surface area contributed by atoms with E-state index in [1.54, 1.807) is 12.1 Å². The van der Waals surface area contributed by atoms with Crippen LogP contribution in [0.5, 0.6) is 0 Å². The lowest BCUT2D eigenvalue weighted by molar-refractivity contribution is 0.0690. The van der Waals surface area contributed by atoms with Gasteiger partial charge in [0.25, 0.3) is 0 Å². The topological polar surface area (TPSA) is 88.2 Å². The number of anilines is 1. The first-order valence-corrected chi connectivity index (χ1v) is 5.65. The van der Waals surface area contributed by atoms with Crippen molar-refractivity contribution in [2.75, 3.05) is 5.32 Å². The van der Waals surface area contributed by atoms with Crippen LogP contribution in [0, 0.1) is 0 Å². The Balaban J connectivity index is 2.01. The van der Waals surface area contributed by atoms with Gasteiger partial charge in [-0.1, -0.05) is 0 Å². The standard InChI is InChI=1S/C12H11N3O3/c16-12(17)8-6-10(13-7-3-4-7)15-11(14-8)9-2-1-5-18-9/h1-2,5-7H,3-4H2,(H,16,17)(H,13,14,15). The summed E-state index contributed by atoms with van der Waals surface area (Å²) in [4.78, 5) is 19.2. The maximum atomic E-state index is 11.0. The Morgan fingerprint density at radius 3 is 2.89 bits per heavy atom. The SMILES string of the molecule is O=C(O)c1cc(NC2CC2)nc(-c2ccco2)n1. The zero-order chi connectivity index (χ0) is 12.5. The van der Waals surface area contributed by atoms with Gasteiger partial charge in [0.15, 0.2) is 17.3 Å². The van der Waals surface area contributed by atoms with Gasteiger partial charge in [0.1, 0.15) is 5.82 Å². The average molecular weight is 245 g/mol. The smallest absolute Gasteiger partial charge is 0.354 e. The predicted octanol–water partition coefficient (Wildman–Crippen LogP) is 2.01. The van der Waals surface area contributed by atoms with Gasteiger partial charge in [-0.05, 0) is 25.0 Å². The van der Waals surface area contributed by atoms with Gasteiger partial charge in [-0.3, -0.25) is 0 Å². The molecule has 2 aromatic rings. The fourth-order valence-electron chi connectivity index (χ4n) is 1.58. The molecular weight excluding hydrogens is 234 g/mol. The fraction of sp³-hybridized carbons (Fsp3) is 0.250. The molecule has 92 valence electrons. The third-order valence-electron chi connectivity index (χ3n) is 2.62. The van der Waals surface area contributed by atoms with Crippen LogP contribution in [0.4, 0.5) is 5.82 Å². The van der Waals surface area contributed by atoms with E-state index in [2.05, 4.69) is 15.3 Å². The molecule has 0 bridgehead atoms. The van der Waals surface area contributed by atoms with Crippen molar-refractivity contribution in [3.63, 3.8) is 0 Å². The molecule has 0 aliphatic heterocycles. The lowest BCUT2D eigenvalue weighted by Gasteiger charge is -2.06. The molecule has 2 aromatic heterocycles. The Hall–Kier alpha value is -2.37. The maximum absolute atomic E-state index is 11.0. The summed E-state index contributed by atoms with van der Waals surface area (Å²) in [7, 11) is 0. The number of hydrogen-bond acceptors (Lipinski definition) is 5. The molecule has 0 spiro atoms. The molecule has 18 heavy (non-hydrogen) atoms. The second kappa shape index (κ2) is 4.14. The summed E-state index contributed by atoms with van der Waals surface area (Å²) in [6, 6.07) is 5.24. The second-order valence-corrected chi connectivity index (χ2v) is 4.16. The van der Waals surface area contributed by atoms with Gasteiger partial charge in [-0.25, -0.2) is 14.8 Å². The quantitative estimate of drug-likeness (QED) is 0.856. The molecule has 6 heteroatoms. The highest BCUT2D eigenvalue weighted by molar-refractivity contribution is 5.86. The van der Waals surface area contributed by atoms with Crippen molar-refractivity contribution >= 4 is 11.8 Å². The Labute approximate surface area is 103 Å². The monoisotopic (exact) mass is 245 g/mol. The van der Waals surface area contributed by atoms with Crippen LogP contribution in [0.3, 0.4) is 0 Å². The Morgan fingerprint density at radius 1 is 1.44 bits per heavy atom. The van der Waals surface area contributed by atoms with Crippen molar-refractivity contribution in [3.05, 3.63) is 30.2 Å². The fourth-order valence-corrected chi connectivity index (χ4v) is 1.58. The van der Waals surface area contributed by atoms with Gasteiger partial charge in [-0.2, -0.15) is 0 Å². The minimum Gasteiger partial charge on any atom is -0.477 e. The summed E-state index contributed by atoms with van der Waals surface area (Å²) in [6.45, 7) is 0. The lowest BCUT2D eigenvalue weighted by atomic mass is 10.3. The van der Waals surface area contributed by atoms with Crippen LogP contribution < -0.4 is 5.32 Å². The number of carboxylic acid groups (broad SMARTS) is 1. The molecule has 0 unspecified atom stereocenters. The normalized spacial score (nSPS) is 14.4. The van der Waals surface area contributed by atoms with Gasteiger partial charge in [0.2, 0.25) is 0 Å². The van der Waals surface area contributed by atoms with Gasteiger partial charge in [0.05, 0.1) is 6.26 Å². The number of hydrogen-bond donors (Lipinski definition) is 2. The van der Waals surface area contributed by atoms with Crippen LogP contribution in [0.15, 0.2) is 28.9 Å². The molecule has 1 fully saturated rings. The Bertz CT molecular complexity index is 576. The number of aromatic nitrogens is 2. The second-order valence-electron chi connectivity index (χ2n) is 4.16. The number of rotatable bonds is 4. The van der Waals surface area contributed by atoms with Crippen LogP contribution >= 0.6 is 0 Å². The summed E-state index contributed by atoms with van der Waals surface area (Å²) in [5, 5.41) is 12.2. The van der Waals surface area contributed by atoms with Crippen molar-refractivity contribution in [2.45, 2.75) is 18.9 Å². The summed E-state index contributed by atoms with van der Waals surface area (Å²) in [5.41, 5.74) is -0.0421. The first kappa shape index (κ1) is 10.8. The molecule has 0 aromatic carbocycles. The van der Waals surface area contributed by atoms with Crippen molar-refractivity contribution in [1.29, 1.82) is 0 Å². The lowest BCUT2D eigenvalue weighted by Crippen LogP contribution is -2.09. The van der Waals surface area contributed by atoms with E-state index < -0.39 is 5.97 Å². The highest BCUT2D eigenvalue weighted by Gasteiger charge is 2.22. The number of furan rings is 1. The largest absolute Gasteiger partial charge is 0.477 e. The summed E-state index contributed by atoms with van der Waals surface area (Å²) >= 11 is 0. The van der Waals surface area contributed by atoms with Crippen molar-refractivity contribution in [3.8, 4) is 11.6 Å². The van der Waals surface area contributed by atoms with Gasteiger partial charge < -0.3 is 14.8 Å². The molecule has 0 atom stereocenters. The van der Waals surface area contributed by atoms with Gasteiger partial charge in [0, 0.05) is 12.1 Å². The molecule has 0 amide bonds. The van der Waals surface area contributed by atoms with E-state index in [1.807, 2.05) is 0 Å². The number of nitrogens with zero attached hydrogens (tertiary/aromatic N) is 2. The van der Waals surface area contributed by atoms with E-state index in [4.69, 9.17) is 9.52 Å². The van der Waals surface area contributed by atoms with Crippen LogP contribution in [-0.2, 0) is 0 Å². The molecule has 0 saturated heterocycles. The third kappa shape index (κ3) is 2.17. The van der Waals surface area contributed by atoms with E-state index in [1.165, 1.54) is 12.3 Å². The van der Waals surface area contributed by atoms with Crippen molar-refractivity contribution in [1.82, 2.24) is 9.97 Å². The molecular formula is C12H11N3O3. The number of nitrogens with one attached hydrogen (secondary N) is 1. The number of carbonyl (C=O) groups is 1. The van der Waals surface area contributed by atoms with E-state index in [9.17, 15) is 4.79 Å². The first-order chi connectivity index (χ1) is 8.72. The summed E-state index contributed by atoms with van der Waals surface area (Å²) < 4.78 is 5.18. The van der Waals surface area contributed by atoms with E-state index in [-0.39, 0.29) is 11.5 Å². The van der Waals surface area contributed by atoms with E-state index >= 15 is 0 Å². The molecule has 2 N–H and O–H groups in total. The highest BCUT2D eigenvalue weighted by Crippen LogP contribution is 2.25. The first-order valence-electron chi connectivity index (χ1n) is 5.65. The predicted molar refractivity (Wildman–Crippen MR) is 63.3 cm³/mol. The maximum Gasteiger partial charge on any atom is 0.354 e. The molecule has 1 aliphatic carbocycles. The number of carboxylic acids is 1. The number of aromatic carboxylic acids is 1. The third-order valence-corrected chi connectivity index (χ3v) is 2.62. The van der Waals surface area contributed by atoms with Gasteiger partial charge in [-0.15, -0.1) is 0 Å². The summed E-state index contributed by atoms with van der Waals surface area (Å²) in [6.07, 6.45) is 3.67. The van der Waals surface area contributed by atoms with Gasteiger partial charge >= 0.3 is 5.97 Å².